The molecule has 0 spiro atoms. The average molecular weight is 392 g/mol. The van der Waals surface area contributed by atoms with Crippen molar-refractivity contribution in [1.82, 2.24) is 0 Å². The van der Waals surface area contributed by atoms with Gasteiger partial charge in [0, 0.05) is 6.08 Å². The van der Waals surface area contributed by atoms with E-state index in [1.807, 2.05) is 0 Å². The van der Waals surface area contributed by atoms with Gasteiger partial charge in [0.25, 0.3) is 0 Å². The Kier molecular flexibility index (Phi) is 9.33. The second-order valence-corrected chi connectivity index (χ2v) is 9.68. The van der Waals surface area contributed by atoms with E-state index < -0.39 is 0 Å². The first-order chi connectivity index (χ1) is 14.3. The molecular weight excluding hydrogens is 350 g/mol. The molecule has 1 aromatic carbocycles. The smallest absolute Gasteiger partial charge is 0.0908 e. The summed E-state index contributed by atoms with van der Waals surface area (Å²) in [5.74, 6) is 3.35. The van der Waals surface area contributed by atoms with E-state index in [-0.39, 0.29) is 0 Å². The van der Waals surface area contributed by atoms with Gasteiger partial charge in [-0.05, 0) is 99.0 Å². The predicted molar refractivity (Wildman–Crippen MR) is 124 cm³/mol. The molecular formula is C28H41N. The van der Waals surface area contributed by atoms with Crippen LogP contribution < -0.4 is 0 Å². The number of nitrogens with zero attached hydrogens (tertiary/aromatic N) is 1. The zero-order valence-corrected chi connectivity index (χ0v) is 18.6. The van der Waals surface area contributed by atoms with Crippen LogP contribution in [0.2, 0.25) is 0 Å². The number of nitriles is 1. The van der Waals surface area contributed by atoms with Gasteiger partial charge in [-0.1, -0.05) is 62.9 Å². The molecule has 0 bridgehead atoms. The second kappa shape index (κ2) is 12.2. The number of benzene rings is 1. The van der Waals surface area contributed by atoms with Gasteiger partial charge in [-0.3, -0.25) is 0 Å². The van der Waals surface area contributed by atoms with Crippen molar-refractivity contribution >= 4 is 0 Å². The van der Waals surface area contributed by atoms with Crippen LogP contribution in [0.3, 0.4) is 0 Å². The molecule has 0 saturated heterocycles. The number of rotatable bonds is 9. The van der Waals surface area contributed by atoms with Gasteiger partial charge in [0.05, 0.1) is 6.07 Å². The predicted octanol–water partition coefficient (Wildman–Crippen LogP) is 8.36. The molecule has 0 heterocycles. The molecule has 0 N–H and O–H groups in total. The van der Waals surface area contributed by atoms with E-state index in [0.29, 0.717) is 5.92 Å². The van der Waals surface area contributed by atoms with E-state index >= 15 is 0 Å². The molecule has 0 radical (unpaired) electrons. The summed E-state index contributed by atoms with van der Waals surface area (Å²) in [5.41, 5.74) is 3.12. The number of aryl methyl sites for hydroxylation is 1. The standard InChI is InChI=1S/C28H41N/c1-2-3-4-5-6-8-23-10-14-25(15-11-23)27-18-20-28(21-19-27)26-16-12-24(13-17-26)9-7-22-29/h7,9-11,14-15,24,26-28H,2-6,8,12-13,16-21H2,1H3/b9-7+. The van der Waals surface area contributed by atoms with E-state index in [1.54, 1.807) is 11.6 Å². The van der Waals surface area contributed by atoms with Gasteiger partial charge in [0.15, 0.2) is 0 Å². The fourth-order valence-corrected chi connectivity index (χ4v) is 5.80. The maximum atomic E-state index is 8.72. The maximum absolute atomic E-state index is 8.72. The highest BCUT2D eigenvalue weighted by Gasteiger charge is 2.30. The third-order valence-electron chi connectivity index (χ3n) is 7.72. The number of allylic oxidation sites excluding steroid dienone is 2. The van der Waals surface area contributed by atoms with Crippen LogP contribution in [0.15, 0.2) is 36.4 Å². The van der Waals surface area contributed by atoms with Gasteiger partial charge in [0.1, 0.15) is 0 Å². The molecule has 29 heavy (non-hydrogen) atoms. The van der Waals surface area contributed by atoms with Crippen LogP contribution in [0.4, 0.5) is 0 Å². The minimum Gasteiger partial charge on any atom is -0.193 e. The van der Waals surface area contributed by atoms with Crippen molar-refractivity contribution in [3.63, 3.8) is 0 Å². The minimum atomic E-state index is 0.660. The zero-order valence-electron chi connectivity index (χ0n) is 18.6. The Morgan fingerprint density at radius 3 is 2.07 bits per heavy atom. The third kappa shape index (κ3) is 7.02. The lowest BCUT2D eigenvalue weighted by atomic mass is 9.68. The number of hydrogen-bond acceptors (Lipinski definition) is 1. The maximum Gasteiger partial charge on any atom is 0.0908 e. The van der Waals surface area contributed by atoms with Crippen LogP contribution in [-0.4, -0.2) is 0 Å². The molecule has 0 unspecified atom stereocenters. The van der Waals surface area contributed by atoms with Crippen molar-refractivity contribution in [2.45, 2.75) is 103 Å². The Labute approximate surface area is 179 Å². The summed E-state index contributed by atoms with van der Waals surface area (Å²) >= 11 is 0. The summed E-state index contributed by atoms with van der Waals surface area (Å²) in [7, 11) is 0. The van der Waals surface area contributed by atoms with Gasteiger partial charge in [-0.15, -0.1) is 0 Å². The zero-order chi connectivity index (χ0) is 20.3. The Morgan fingerprint density at radius 2 is 1.45 bits per heavy atom. The summed E-state index contributed by atoms with van der Waals surface area (Å²) < 4.78 is 0. The highest BCUT2D eigenvalue weighted by atomic mass is 14.4. The highest BCUT2D eigenvalue weighted by molar-refractivity contribution is 5.26. The Morgan fingerprint density at radius 1 is 0.828 bits per heavy atom. The lowest BCUT2D eigenvalue weighted by Gasteiger charge is -2.37. The third-order valence-corrected chi connectivity index (χ3v) is 7.72. The summed E-state index contributed by atoms with van der Waals surface area (Å²) in [4.78, 5) is 0. The number of unbranched alkanes of at least 4 members (excludes halogenated alkanes) is 4. The molecule has 2 aliphatic carbocycles. The molecule has 1 heteroatoms. The number of hydrogen-bond donors (Lipinski definition) is 0. The second-order valence-electron chi connectivity index (χ2n) is 9.68. The van der Waals surface area contributed by atoms with Gasteiger partial charge in [0.2, 0.25) is 0 Å². The van der Waals surface area contributed by atoms with E-state index in [1.165, 1.54) is 95.5 Å². The normalized spacial score (nSPS) is 27.7. The van der Waals surface area contributed by atoms with Gasteiger partial charge in [-0.25, -0.2) is 0 Å². The summed E-state index contributed by atoms with van der Waals surface area (Å²) in [6.07, 6.45) is 22.9. The lowest BCUT2D eigenvalue weighted by molar-refractivity contribution is 0.171. The van der Waals surface area contributed by atoms with Crippen molar-refractivity contribution in [3.05, 3.63) is 47.5 Å². The first-order valence-corrected chi connectivity index (χ1v) is 12.4. The topological polar surface area (TPSA) is 23.8 Å². The van der Waals surface area contributed by atoms with Crippen molar-refractivity contribution in [2.75, 3.05) is 0 Å². The van der Waals surface area contributed by atoms with Gasteiger partial charge in [-0.2, -0.15) is 5.26 Å². The first kappa shape index (κ1) is 22.1. The van der Waals surface area contributed by atoms with E-state index in [9.17, 15) is 0 Å². The summed E-state index contributed by atoms with van der Waals surface area (Å²) in [6.45, 7) is 2.28. The summed E-state index contributed by atoms with van der Waals surface area (Å²) in [5, 5.41) is 8.72. The molecule has 158 valence electrons. The van der Waals surface area contributed by atoms with Crippen LogP contribution in [0.5, 0.6) is 0 Å². The van der Waals surface area contributed by atoms with Crippen LogP contribution in [-0.2, 0) is 6.42 Å². The largest absolute Gasteiger partial charge is 0.193 e. The average Bonchev–Trinajstić information content (AvgIpc) is 2.78. The molecule has 1 aromatic rings. The molecule has 0 aromatic heterocycles. The summed E-state index contributed by atoms with van der Waals surface area (Å²) in [6, 6.07) is 11.8. The van der Waals surface area contributed by atoms with E-state index in [4.69, 9.17) is 5.26 Å². The van der Waals surface area contributed by atoms with Crippen LogP contribution in [0, 0.1) is 29.1 Å². The molecule has 2 aliphatic rings. The Hall–Kier alpha value is -1.55. The molecule has 1 nitrogen and oxygen atoms in total. The fraction of sp³-hybridized carbons (Fsp3) is 0.679. The first-order valence-electron chi connectivity index (χ1n) is 12.4. The molecule has 0 aliphatic heterocycles. The van der Waals surface area contributed by atoms with E-state index in [2.05, 4.69) is 43.3 Å². The Balaban J connectivity index is 1.38. The molecule has 0 atom stereocenters. The highest BCUT2D eigenvalue weighted by Crippen LogP contribution is 2.44. The van der Waals surface area contributed by atoms with Crippen LogP contribution in [0.1, 0.15) is 107 Å². The molecule has 3 rings (SSSR count). The van der Waals surface area contributed by atoms with Gasteiger partial charge < -0.3 is 0 Å². The fourth-order valence-electron chi connectivity index (χ4n) is 5.80. The van der Waals surface area contributed by atoms with Crippen LogP contribution in [0.25, 0.3) is 0 Å². The minimum absolute atomic E-state index is 0.660. The molecule has 2 saturated carbocycles. The molecule has 0 amide bonds. The monoisotopic (exact) mass is 391 g/mol. The van der Waals surface area contributed by atoms with Crippen molar-refractivity contribution in [3.8, 4) is 6.07 Å². The van der Waals surface area contributed by atoms with Crippen molar-refractivity contribution in [1.29, 1.82) is 5.26 Å². The van der Waals surface area contributed by atoms with E-state index in [0.717, 1.165) is 17.8 Å². The Bertz CT molecular complexity index is 634. The van der Waals surface area contributed by atoms with Crippen LogP contribution >= 0.6 is 0 Å². The quantitative estimate of drug-likeness (QED) is 0.306. The van der Waals surface area contributed by atoms with Gasteiger partial charge >= 0.3 is 0 Å². The van der Waals surface area contributed by atoms with Crippen molar-refractivity contribution < 1.29 is 0 Å². The SMILES string of the molecule is CCCCCCCc1ccc(C2CCC(C3CCC(/C=C/C#N)CC3)CC2)cc1. The molecule has 2 fully saturated rings. The van der Waals surface area contributed by atoms with Crippen molar-refractivity contribution in [2.24, 2.45) is 17.8 Å². The lowest BCUT2D eigenvalue weighted by Crippen LogP contribution is -2.25.